The molecule has 0 spiro atoms. The van der Waals surface area contributed by atoms with Crippen LogP contribution in [0.3, 0.4) is 0 Å². The SMILES string of the molecule is CCOc1cccc(NCc2ccc(OC(F)F)cc2)c1. The standard InChI is InChI=1S/C16H17F2NO2/c1-2-20-15-5-3-4-13(10-15)19-11-12-6-8-14(9-7-12)21-16(17)18/h3-10,16,19H,2,11H2,1H3. The Morgan fingerprint density at radius 1 is 1.05 bits per heavy atom. The van der Waals surface area contributed by atoms with Crippen molar-refractivity contribution in [2.75, 3.05) is 11.9 Å². The van der Waals surface area contributed by atoms with Crippen LogP contribution in [0.15, 0.2) is 48.5 Å². The van der Waals surface area contributed by atoms with Crippen molar-refractivity contribution >= 4 is 5.69 Å². The smallest absolute Gasteiger partial charge is 0.387 e. The fourth-order valence-corrected chi connectivity index (χ4v) is 1.86. The van der Waals surface area contributed by atoms with E-state index in [9.17, 15) is 8.78 Å². The van der Waals surface area contributed by atoms with Gasteiger partial charge in [0.05, 0.1) is 6.61 Å². The molecule has 0 bridgehead atoms. The van der Waals surface area contributed by atoms with Gasteiger partial charge in [0.2, 0.25) is 0 Å². The summed E-state index contributed by atoms with van der Waals surface area (Å²) >= 11 is 0. The van der Waals surface area contributed by atoms with E-state index in [-0.39, 0.29) is 5.75 Å². The van der Waals surface area contributed by atoms with Crippen LogP contribution in [0.1, 0.15) is 12.5 Å². The Kier molecular flexibility index (Phi) is 5.37. The van der Waals surface area contributed by atoms with E-state index < -0.39 is 6.61 Å². The molecule has 0 amide bonds. The zero-order valence-corrected chi connectivity index (χ0v) is 11.7. The minimum Gasteiger partial charge on any atom is -0.494 e. The van der Waals surface area contributed by atoms with Gasteiger partial charge in [0.25, 0.3) is 0 Å². The minimum absolute atomic E-state index is 0.159. The summed E-state index contributed by atoms with van der Waals surface area (Å²) in [6.07, 6.45) is 0. The van der Waals surface area contributed by atoms with Crippen LogP contribution in [0.4, 0.5) is 14.5 Å². The van der Waals surface area contributed by atoms with Crippen molar-refractivity contribution in [3.63, 3.8) is 0 Å². The van der Waals surface area contributed by atoms with Crippen LogP contribution >= 0.6 is 0 Å². The molecule has 2 aromatic carbocycles. The van der Waals surface area contributed by atoms with E-state index in [4.69, 9.17) is 4.74 Å². The van der Waals surface area contributed by atoms with Crippen LogP contribution < -0.4 is 14.8 Å². The number of rotatable bonds is 7. The first-order valence-electron chi connectivity index (χ1n) is 6.68. The summed E-state index contributed by atoms with van der Waals surface area (Å²) in [7, 11) is 0. The second-order valence-corrected chi connectivity index (χ2v) is 4.34. The molecule has 0 saturated carbocycles. The summed E-state index contributed by atoms with van der Waals surface area (Å²) in [4.78, 5) is 0. The van der Waals surface area contributed by atoms with Gasteiger partial charge in [-0.1, -0.05) is 18.2 Å². The summed E-state index contributed by atoms with van der Waals surface area (Å²) < 4.78 is 33.8. The predicted octanol–water partition coefficient (Wildman–Crippen LogP) is 4.30. The van der Waals surface area contributed by atoms with Crippen LogP contribution in [0.5, 0.6) is 11.5 Å². The van der Waals surface area contributed by atoms with E-state index in [1.54, 1.807) is 12.1 Å². The molecule has 5 heteroatoms. The van der Waals surface area contributed by atoms with Crippen LogP contribution in [-0.4, -0.2) is 13.2 Å². The minimum atomic E-state index is -2.80. The van der Waals surface area contributed by atoms with Crippen molar-refractivity contribution in [2.24, 2.45) is 0 Å². The first-order valence-corrected chi connectivity index (χ1v) is 6.68. The maximum atomic E-state index is 12.0. The van der Waals surface area contributed by atoms with Gasteiger partial charge < -0.3 is 14.8 Å². The number of halogens is 2. The van der Waals surface area contributed by atoms with Crippen LogP contribution in [0, 0.1) is 0 Å². The van der Waals surface area contributed by atoms with Gasteiger partial charge in [-0.15, -0.1) is 0 Å². The lowest BCUT2D eigenvalue weighted by atomic mass is 10.2. The highest BCUT2D eigenvalue weighted by Gasteiger charge is 2.03. The first kappa shape index (κ1) is 15.1. The number of ether oxygens (including phenoxy) is 2. The van der Waals surface area contributed by atoms with Gasteiger partial charge in [0, 0.05) is 18.3 Å². The lowest BCUT2D eigenvalue weighted by Crippen LogP contribution is -2.03. The third-order valence-electron chi connectivity index (χ3n) is 2.79. The Hall–Kier alpha value is -2.30. The molecule has 0 aliphatic heterocycles. The maximum absolute atomic E-state index is 12.0. The number of hydrogen-bond acceptors (Lipinski definition) is 3. The summed E-state index contributed by atoms with van der Waals surface area (Å²) in [5.74, 6) is 0.968. The van der Waals surface area contributed by atoms with E-state index in [1.165, 1.54) is 12.1 Å². The molecule has 0 atom stereocenters. The summed E-state index contributed by atoms with van der Waals surface area (Å²) in [6.45, 7) is 0.346. The molecule has 1 N–H and O–H groups in total. The molecule has 0 aromatic heterocycles. The van der Waals surface area contributed by atoms with Gasteiger partial charge in [-0.3, -0.25) is 0 Å². The molecule has 0 radical (unpaired) electrons. The maximum Gasteiger partial charge on any atom is 0.387 e. The number of nitrogens with one attached hydrogen (secondary N) is 1. The number of alkyl halides is 2. The molecule has 2 aromatic rings. The van der Waals surface area contributed by atoms with E-state index in [2.05, 4.69) is 10.1 Å². The summed E-state index contributed by atoms with van der Waals surface area (Å²) in [5, 5.41) is 3.25. The fraction of sp³-hybridized carbons (Fsp3) is 0.250. The van der Waals surface area contributed by atoms with Gasteiger partial charge in [0.1, 0.15) is 11.5 Å². The average Bonchev–Trinajstić information content (AvgIpc) is 2.47. The molecule has 0 aliphatic carbocycles. The van der Waals surface area contributed by atoms with E-state index in [0.29, 0.717) is 13.2 Å². The Balaban J connectivity index is 1.91. The van der Waals surface area contributed by atoms with Gasteiger partial charge >= 0.3 is 6.61 Å². The van der Waals surface area contributed by atoms with Crippen molar-refractivity contribution in [3.05, 3.63) is 54.1 Å². The molecule has 0 saturated heterocycles. The molecule has 0 heterocycles. The summed E-state index contributed by atoms with van der Waals surface area (Å²) in [5.41, 5.74) is 1.91. The van der Waals surface area contributed by atoms with Crippen molar-refractivity contribution < 1.29 is 18.3 Å². The van der Waals surface area contributed by atoms with Crippen LogP contribution in [0.25, 0.3) is 0 Å². The number of anilines is 1. The van der Waals surface area contributed by atoms with E-state index >= 15 is 0 Å². The molecular formula is C16H17F2NO2. The first-order chi connectivity index (χ1) is 10.2. The highest BCUT2D eigenvalue weighted by atomic mass is 19.3. The van der Waals surface area contributed by atoms with Gasteiger partial charge in [0.15, 0.2) is 0 Å². The zero-order valence-electron chi connectivity index (χ0n) is 11.7. The van der Waals surface area contributed by atoms with Crippen LogP contribution in [-0.2, 0) is 6.54 Å². The third kappa shape index (κ3) is 4.95. The Labute approximate surface area is 122 Å². The average molecular weight is 293 g/mol. The topological polar surface area (TPSA) is 30.5 Å². The molecule has 2 rings (SSSR count). The highest BCUT2D eigenvalue weighted by molar-refractivity contribution is 5.48. The number of hydrogen-bond donors (Lipinski definition) is 1. The highest BCUT2D eigenvalue weighted by Crippen LogP contribution is 2.19. The predicted molar refractivity (Wildman–Crippen MR) is 78.0 cm³/mol. The van der Waals surface area contributed by atoms with Crippen molar-refractivity contribution in [3.8, 4) is 11.5 Å². The van der Waals surface area contributed by atoms with Crippen molar-refractivity contribution in [1.82, 2.24) is 0 Å². The Morgan fingerprint density at radius 2 is 1.81 bits per heavy atom. The van der Waals surface area contributed by atoms with Crippen LogP contribution in [0.2, 0.25) is 0 Å². The van der Waals surface area contributed by atoms with E-state index in [1.807, 2.05) is 31.2 Å². The molecule has 0 unspecified atom stereocenters. The molecule has 21 heavy (non-hydrogen) atoms. The summed E-state index contributed by atoms with van der Waals surface area (Å²) in [6, 6.07) is 14.2. The lowest BCUT2D eigenvalue weighted by molar-refractivity contribution is -0.0498. The zero-order chi connectivity index (χ0) is 15.1. The molecule has 112 valence electrons. The van der Waals surface area contributed by atoms with Crippen molar-refractivity contribution in [2.45, 2.75) is 20.1 Å². The number of benzene rings is 2. The fourth-order valence-electron chi connectivity index (χ4n) is 1.86. The van der Waals surface area contributed by atoms with E-state index in [0.717, 1.165) is 17.0 Å². The second kappa shape index (κ2) is 7.47. The van der Waals surface area contributed by atoms with Gasteiger partial charge in [-0.05, 0) is 36.8 Å². The molecule has 3 nitrogen and oxygen atoms in total. The third-order valence-corrected chi connectivity index (χ3v) is 2.79. The second-order valence-electron chi connectivity index (χ2n) is 4.34. The largest absolute Gasteiger partial charge is 0.494 e. The van der Waals surface area contributed by atoms with Crippen molar-refractivity contribution in [1.29, 1.82) is 0 Å². The normalized spacial score (nSPS) is 10.5. The lowest BCUT2D eigenvalue weighted by Gasteiger charge is -2.10. The Morgan fingerprint density at radius 3 is 2.48 bits per heavy atom. The molecule has 0 aliphatic rings. The molecule has 0 fully saturated rings. The Bertz CT molecular complexity index is 558. The molecular weight excluding hydrogens is 276 g/mol. The monoisotopic (exact) mass is 293 g/mol. The van der Waals surface area contributed by atoms with Gasteiger partial charge in [-0.2, -0.15) is 8.78 Å². The quantitative estimate of drug-likeness (QED) is 0.825. The van der Waals surface area contributed by atoms with Gasteiger partial charge in [-0.25, -0.2) is 0 Å².